The molecule has 0 radical (unpaired) electrons. The van der Waals surface area contributed by atoms with E-state index in [2.05, 4.69) is 44.7 Å². The van der Waals surface area contributed by atoms with E-state index >= 15 is 0 Å². The lowest BCUT2D eigenvalue weighted by atomic mass is 9.99. The van der Waals surface area contributed by atoms with Gasteiger partial charge < -0.3 is 10.1 Å². The van der Waals surface area contributed by atoms with Crippen molar-refractivity contribution >= 4 is 5.91 Å². The molecular formula is C19H24N4O2. The molecule has 2 N–H and O–H groups in total. The minimum Gasteiger partial charge on any atom is -0.376 e. The highest BCUT2D eigenvalue weighted by Crippen LogP contribution is 2.19. The number of carbonyl (C=O) groups is 1. The fourth-order valence-corrected chi connectivity index (χ4v) is 3.73. The molecule has 1 aromatic carbocycles. The summed E-state index contributed by atoms with van der Waals surface area (Å²) in [7, 11) is 0. The first kappa shape index (κ1) is 16.3. The van der Waals surface area contributed by atoms with E-state index in [-0.39, 0.29) is 11.9 Å². The maximum Gasteiger partial charge on any atom is 0.272 e. The molecule has 6 nitrogen and oxygen atoms in total. The summed E-state index contributed by atoms with van der Waals surface area (Å²) in [4.78, 5) is 15.0. The Balaban J connectivity index is 1.36. The van der Waals surface area contributed by atoms with Crippen molar-refractivity contribution in [2.24, 2.45) is 0 Å². The molecule has 6 heteroatoms. The van der Waals surface area contributed by atoms with Crippen LogP contribution in [-0.2, 0) is 30.7 Å². The summed E-state index contributed by atoms with van der Waals surface area (Å²) < 4.78 is 5.46. The lowest BCUT2D eigenvalue weighted by molar-refractivity contribution is 0.0901. The Morgan fingerprint density at radius 1 is 1.36 bits per heavy atom. The minimum atomic E-state index is -0.118. The van der Waals surface area contributed by atoms with Gasteiger partial charge in [0.15, 0.2) is 5.69 Å². The number of ether oxygens (including phenoxy) is 1. The van der Waals surface area contributed by atoms with Crippen molar-refractivity contribution in [3.63, 3.8) is 0 Å². The predicted molar refractivity (Wildman–Crippen MR) is 94.3 cm³/mol. The fourth-order valence-electron chi connectivity index (χ4n) is 3.73. The van der Waals surface area contributed by atoms with Gasteiger partial charge in [0.25, 0.3) is 5.91 Å². The lowest BCUT2D eigenvalue weighted by Gasteiger charge is -2.31. The van der Waals surface area contributed by atoms with Crippen molar-refractivity contribution in [2.75, 3.05) is 19.7 Å². The van der Waals surface area contributed by atoms with Crippen molar-refractivity contribution in [1.82, 2.24) is 20.4 Å². The second-order valence-corrected chi connectivity index (χ2v) is 6.96. The Kier molecular flexibility index (Phi) is 4.55. The number of rotatable bonds is 4. The summed E-state index contributed by atoms with van der Waals surface area (Å²) in [5, 5.41) is 10.3. The van der Waals surface area contributed by atoms with E-state index in [0.717, 1.165) is 43.7 Å². The lowest BCUT2D eigenvalue weighted by Crippen LogP contribution is -2.44. The Hall–Kier alpha value is -2.18. The maximum atomic E-state index is 12.6. The molecule has 1 atom stereocenters. The zero-order chi connectivity index (χ0) is 17.2. The molecule has 0 fully saturated rings. The molecule has 2 aromatic rings. The first-order chi connectivity index (χ1) is 12.2. The molecule has 0 bridgehead atoms. The summed E-state index contributed by atoms with van der Waals surface area (Å²) in [5.74, 6) is -0.118. The molecule has 132 valence electrons. The highest BCUT2D eigenvalue weighted by atomic mass is 16.5. The standard InChI is InChI=1S/C19H24N4O2/c1-13(10-23-8-6-14-4-2-3-5-15(14)11-23)20-19(24)18-16-12-25-9-7-17(16)21-22-18/h2-5,13H,6-12H2,1H3,(H,20,24)(H,21,22). The smallest absolute Gasteiger partial charge is 0.272 e. The van der Waals surface area contributed by atoms with Crippen LogP contribution in [0.15, 0.2) is 24.3 Å². The monoisotopic (exact) mass is 340 g/mol. The Morgan fingerprint density at radius 2 is 2.20 bits per heavy atom. The predicted octanol–water partition coefficient (Wildman–Crippen LogP) is 1.66. The highest BCUT2D eigenvalue weighted by molar-refractivity contribution is 5.94. The molecular weight excluding hydrogens is 316 g/mol. The van der Waals surface area contributed by atoms with E-state index in [1.54, 1.807) is 0 Å². The summed E-state index contributed by atoms with van der Waals surface area (Å²) >= 11 is 0. The van der Waals surface area contributed by atoms with Crippen LogP contribution in [0.1, 0.15) is 39.8 Å². The molecule has 2 aliphatic rings. The number of nitrogens with zero attached hydrogens (tertiary/aromatic N) is 2. The van der Waals surface area contributed by atoms with Crippen LogP contribution in [0, 0.1) is 0 Å². The molecule has 1 unspecified atom stereocenters. The number of aromatic nitrogens is 2. The number of carbonyl (C=O) groups excluding carboxylic acids is 1. The SMILES string of the molecule is CC(CN1CCc2ccccc2C1)NC(=O)c1n[nH]c2c1COCC2. The topological polar surface area (TPSA) is 70.2 Å². The molecule has 0 aliphatic carbocycles. The molecule has 3 heterocycles. The van der Waals surface area contributed by atoms with Crippen LogP contribution in [0.4, 0.5) is 0 Å². The number of fused-ring (bicyclic) bond motifs is 2. The van der Waals surface area contributed by atoms with Crippen molar-refractivity contribution in [3.05, 3.63) is 52.3 Å². The number of H-pyrrole nitrogens is 1. The average Bonchev–Trinajstić information content (AvgIpc) is 3.05. The van der Waals surface area contributed by atoms with E-state index in [9.17, 15) is 4.79 Å². The molecule has 1 aromatic heterocycles. The number of aromatic amines is 1. The zero-order valence-corrected chi connectivity index (χ0v) is 14.5. The molecule has 4 rings (SSSR count). The van der Waals surface area contributed by atoms with Gasteiger partial charge in [-0.1, -0.05) is 24.3 Å². The Labute approximate surface area is 147 Å². The number of hydrogen-bond acceptors (Lipinski definition) is 4. The van der Waals surface area contributed by atoms with E-state index in [1.165, 1.54) is 11.1 Å². The molecule has 1 amide bonds. The zero-order valence-electron chi connectivity index (χ0n) is 14.5. The van der Waals surface area contributed by atoms with E-state index in [1.807, 2.05) is 6.92 Å². The van der Waals surface area contributed by atoms with Crippen molar-refractivity contribution in [1.29, 1.82) is 0 Å². The maximum absolute atomic E-state index is 12.6. The van der Waals surface area contributed by atoms with E-state index < -0.39 is 0 Å². The average molecular weight is 340 g/mol. The van der Waals surface area contributed by atoms with Gasteiger partial charge >= 0.3 is 0 Å². The van der Waals surface area contributed by atoms with E-state index in [0.29, 0.717) is 18.9 Å². The van der Waals surface area contributed by atoms with Gasteiger partial charge in [0.2, 0.25) is 0 Å². The van der Waals surface area contributed by atoms with Crippen LogP contribution in [0.2, 0.25) is 0 Å². The Bertz CT molecular complexity index is 771. The molecule has 0 spiro atoms. The quantitative estimate of drug-likeness (QED) is 0.888. The minimum absolute atomic E-state index is 0.0645. The first-order valence-electron chi connectivity index (χ1n) is 8.94. The van der Waals surface area contributed by atoms with Crippen LogP contribution < -0.4 is 5.32 Å². The second kappa shape index (κ2) is 6.98. The number of hydrogen-bond donors (Lipinski definition) is 2. The van der Waals surface area contributed by atoms with Crippen LogP contribution in [0.5, 0.6) is 0 Å². The summed E-state index contributed by atoms with van der Waals surface area (Å²) in [5.41, 5.74) is 5.24. The van der Waals surface area contributed by atoms with Gasteiger partial charge in [-0.05, 0) is 24.5 Å². The molecule has 0 saturated carbocycles. The fraction of sp³-hybridized carbons (Fsp3) is 0.474. The van der Waals surface area contributed by atoms with Crippen LogP contribution in [0.3, 0.4) is 0 Å². The van der Waals surface area contributed by atoms with Gasteiger partial charge in [-0.2, -0.15) is 5.10 Å². The van der Waals surface area contributed by atoms with Gasteiger partial charge in [0, 0.05) is 43.4 Å². The molecule has 25 heavy (non-hydrogen) atoms. The number of nitrogens with one attached hydrogen (secondary N) is 2. The normalized spacial score (nSPS) is 18.3. The molecule has 0 saturated heterocycles. The van der Waals surface area contributed by atoms with Gasteiger partial charge in [-0.3, -0.25) is 14.8 Å². The third kappa shape index (κ3) is 3.45. The number of amides is 1. The van der Waals surface area contributed by atoms with Crippen LogP contribution >= 0.6 is 0 Å². The third-order valence-corrected chi connectivity index (χ3v) is 5.03. The summed E-state index contributed by atoms with van der Waals surface area (Å²) in [6.07, 6.45) is 1.86. The van der Waals surface area contributed by atoms with Gasteiger partial charge in [0.1, 0.15) is 0 Å². The largest absolute Gasteiger partial charge is 0.376 e. The molecule has 2 aliphatic heterocycles. The van der Waals surface area contributed by atoms with Crippen molar-refractivity contribution < 1.29 is 9.53 Å². The van der Waals surface area contributed by atoms with Crippen LogP contribution in [0.25, 0.3) is 0 Å². The summed E-state index contributed by atoms with van der Waals surface area (Å²) in [6, 6.07) is 8.67. The van der Waals surface area contributed by atoms with Gasteiger partial charge in [-0.15, -0.1) is 0 Å². The first-order valence-corrected chi connectivity index (χ1v) is 8.94. The number of benzene rings is 1. The van der Waals surface area contributed by atoms with Gasteiger partial charge in [0.05, 0.1) is 13.2 Å². The second-order valence-electron chi connectivity index (χ2n) is 6.96. The van der Waals surface area contributed by atoms with Crippen molar-refractivity contribution in [2.45, 2.75) is 39.0 Å². The third-order valence-electron chi connectivity index (χ3n) is 5.03. The van der Waals surface area contributed by atoms with Crippen molar-refractivity contribution in [3.8, 4) is 0 Å². The summed E-state index contributed by atoms with van der Waals surface area (Å²) in [6.45, 7) is 6.01. The van der Waals surface area contributed by atoms with Gasteiger partial charge in [-0.25, -0.2) is 0 Å². The highest BCUT2D eigenvalue weighted by Gasteiger charge is 2.24. The van der Waals surface area contributed by atoms with Crippen LogP contribution in [-0.4, -0.2) is 46.7 Å². The Morgan fingerprint density at radius 3 is 3.08 bits per heavy atom. The van der Waals surface area contributed by atoms with E-state index in [4.69, 9.17) is 4.74 Å².